The Hall–Kier alpha value is -1.63. The fourth-order valence-corrected chi connectivity index (χ4v) is 2.35. The van der Waals surface area contributed by atoms with Gasteiger partial charge < -0.3 is 10.5 Å². The molecule has 0 radical (unpaired) electrons. The zero-order valence-corrected chi connectivity index (χ0v) is 12.5. The Morgan fingerprint density at radius 2 is 2.10 bits per heavy atom. The largest absolute Gasteiger partial charge is 0.455 e. The van der Waals surface area contributed by atoms with Gasteiger partial charge in [0.15, 0.2) is 0 Å². The van der Waals surface area contributed by atoms with Crippen molar-refractivity contribution in [2.45, 2.75) is 6.54 Å². The van der Waals surface area contributed by atoms with E-state index in [-0.39, 0.29) is 12.2 Å². The Bertz CT molecular complexity index is 664. The number of ether oxygens (including phenoxy) is 1. The first-order valence-electron chi connectivity index (χ1n) is 5.61. The molecular formula is C13H10BrClN2O3. The summed E-state index contributed by atoms with van der Waals surface area (Å²) in [4.78, 5) is 10.3. The quantitative estimate of drug-likeness (QED) is 0.655. The lowest BCUT2D eigenvalue weighted by Gasteiger charge is -2.11. The first-order valence-corrected chi connectivity index (χ1v) is 6.78. The van der Waals surface area contributed by atoms with Crippen LogP contribution in [0.3, 0.4) is 0 Å². The molecule has 0 bridgehead atoms. The summed E-state index contributed by atoms with van der Waals surface area (Å²) < 4.78 is 6.20. The number of hydrogen-bond acceptors (Lipinski definition) is 4. The fraction of sp³-hybridized carbons (Fsp3) is 0.0769. The van der Waals surface area contributed by atoms with Gasteiger partial charge in [-0.3, -0.25) is 10.1 Å². The highest BCUT2D eigenvalue weighted by molar-refractivity contribution is 9.10. The van der Waals surface area contributed by atoms with Gasteiger partial charge in [-0.2, -0.15) is 0 Å². The molecule has 0 aliphatic rings. The molecule has 104 valence electrons. The van der Waals surface area contributed by atoms with E-state index >= 15 is 0 Å². The summed E-state index contributed by atoms with van der Waals surface area (Å²) in [6, 6.07) is 9.56. The minimum Gasteiger partial charge on any atom is -0.455 e. The molecule has 0 aliphatic carbocycles. The minimum absolute atomic E-state index is 0.0734. The van der Waals surface area contributed by atoms with Gasteiger partial charge in [0.1, 0.15) is 11.5 Å². The molecule has 20 heavy (non-hydrogen) atoms. The summed E-state index contributed by atoms with van der Waals surface area (Å²) in [6.07, 6.45) is 0. The van der Waals surface area contributed by atoms with Crippen LogP contribution in [-0.2, 0) is 6.54 Å². The monoisotopic (exact) mass is 356 g/mol. The van der Waals surface area contributed by atoms with Crippen molar-refractivity contribution in [1.82, 2.24) is 0 Å². The topological polar surface area (TPSA) is 78.4 Å². The third kappa shape index (κ3) is 3.27. The summed E-state index contributed by atoms with van der Waals surface area (Å²) in [5.74, 6) is 0.720. The van der Waals surface area contributed by atoms with Crippen molar-refractivity contribution in [2.24, 2.45) is 5.73 Å². The van der Waals surface area contributed by atoms with E-state index in [1.165, 1.54) is 12.1 Å². The van der Waals surface area contributed by atoms with Crippen molar-refractivity contribution in [1.29, 1.82) is 0 Å². The van der Waals surface area contributed by atoms with Crippen LogP contribution in [0, 0.1) is 10.1 Å². The van der Waals surface area contributed by atoms with Crippen LogP contribution in [0.1, 0.15) is 5.56 Å². The second kappa shape index (κ2) is 6.21. The maximum absolute atomic E-state index is 10.8. The molecule has 0 fully saturated rings. The maximum atomic E-state index is 10.8. The van der Waals surface area contributed by atoms with Crippen LogP contribution >= 0.6 is 27.5 Å². The molecule has 0 spiro atoms. The van der Waals surface area contributed by atoms with Gasteiger partial charge in [-0.15, -0.1) is 0 Å². The molecule has 0 aliphatic heterocycles. The number of nitro groups is 1. The first kappa shape index (κ1) is 14.8. The Morgan fingerprint density at radius 3 is 2.75 bits per heavy atom. The van der Waals surface area contributed by atoms with Crippen LogP contribution in [0.5, 0.6) is 11.5 Å². The number of hydrogen-bond donors (Lipinski definition) is 1. The Balaban J connectivity index is 2.42. The molecule has 2 aromatic carbocycles. The highest BCUT2D eigenvalue weighted by Crippen LogP contribution is 2.35. The maximum Gasteiger partial charge on any atom is 0.274 e. The predicted octanol–water partition coefficient (Wildman–Crippen LogP) is 4.26. The SMILES string of the molecule is NCc1cccc(Cl)c1Oc1cc(Br)cc([N+](=O)[O-])c1. The second-order valence-electron chi connectivity index (χ2n) is 3.94. The van der Waals surface area contributed by atoms with Gasteiger partial charge >= 0.3 is 0 Å². The summed E-state index contributed by atoms with van der Waals surface area (Å²) in [6.45, 7) is 0.256. The lowest BCUT2D eigenvalue weighted by molar-refractivity contribution is -0.385. The number of nitrogens with two attached hydrogens (primary N) is 1. The molecule has 0 heterocycles. The molecule has 2 aromatic rings. The number of rotatable bonds is 4. The number of nitrogens with zero attached hydrogens (tertiary/aromatic N) is 1. The summed E-state index contributed by atoms with van der Waals surface area (Å²) >= 11 is 9.28. The van der Waals surface area contributed by atoms with Crippen molar-refractivity contribution >= 4 is 33.2 Å². The average molecular weight is 358 g/mol. The number of benzene rings is 2. The van der Waals surface area contributed by atoms with Gasteiger partial charge in [0.05, 0.1) is 16.0 Å². The van der Waals surface area contributed by atoms with Gasteiger partial charge in [-0.25, -0.2) is 0 Å². The molecule has 0 aromatic heterocycles. The van der Waals surface area contributed by atoms with Crippen LogP contribution < -0.4 is 10.5 Å². The van der Waals surface area contributed by atoms with Gasteiger partial charge in [-0.1, -0.05) is 39.7 Å². The highest BCUT2D eigenvalue weighted by Gasteiger charge is 2.13. The molecule has 0 atom stereocenters. The van der Waals surface area contributed by atoms with Crippen LogP contribution in [0.25, 0.3) is 0 Å². The highest BCUT2D eigenvalue weighted by atomic mass is 79.9. The zero-order valence-electron chi connectivity index (χ0n) is 10.2. The standard InChI is InChI=1S/C13H10BrClN2O3/c14-9-4-10(17(18)19)6-11(5-9)20-13-8(7-16)2-1-3-12(13)15/h1-6H,7,16H2. The normalized spacial score (nSPS) is 10.3. The summed E-state index contributed by atoms with van der Waals surface area (Å²) in [5.41, 5.74) is 6.27. The lowest BCUT2D eigenvalue weighted by Crippen LogP contribution is -2.00. The summed E-state index contributed by atoms with van der Waals surface area (Å²) in [7, 11) is 0. The van der Waals surface area contributed by atoms with Gasteiger partial charge in [0, 0.05) is 22.6 Å². The molecule has 2 N–H and O–H groups in total. The van der Waals surface area contributed by atoms with E-state index in [1.54, 1.807) is 24.3 Å². The third-order valence-corrected chi connectivity index (χ3v) is 3.31. The third-order valence-electron chi connectivity index (χ3n) is 2.56. The minimum atomic E-state index is -0.492. The van der Waals surface area contributed by atoms with Gasteiger partial charge in [0.2, 0.25) is 0 Å². The smallest absolute Gasteiger partial charge is 0.274 e. The number of para-hydroxylation sites is 1. The van der Waals surface area contributed by atoms with Crippen LogP contribution in [0.15, 0.2) is 40.9 Å². The van der Waals surface area contributed by atoms with Crippen molar-refractivity contribution in [3.63, 3.8) is 0 Å². The average Bonchev–Trinajstić information content (AvgIpc) is 2.40. The first-order chi connectivity index (χ1) is 9.51. The Kier molecular flexibility index (Phi) is 4.59. The van der Waals surface area contributed by atoms with Crippen molar-refractivity contribution in [2.75, 3.05) is 0 Å². The van der Waals surface area contributed by atoms with Crippen molar-refractivity contribution in [3.05, 3.63) is 61.6 Å². The van der Waals surface area contributed by atoms with Crippen LogP contribution in [-0.4, -0.2) is 4.92 Å². The molecule has 0 saturated carbocycles. The van der Waals surface area contributed by atoms with Gasteiger partial charge in [-0.05, 0) is 12.1 Å². The van der Waals surface area contributed by atoms with E-state index in [0.29, 0.717) is 21.0 Å². The van der Waals surface area contributed by atoms with E-state index in [9.17, 15) is 10.1 Å². The zero-order chi connectivity index (χ0) is 14.7. The van der Waals surface area contributed by atoms with E-state index in [2.05, 4.69) is 15.9 Å². The predicted molar refractivity (Wildman–Crippen MR) is 80.2 cm³/mol. The molecule has 5 nitrogen and oxygen atoms in total. The molecule has 7 heteroatoms. The Morgan fingerprint density at radius 1 is 1.35 bits per heavy atom. The lowest BCUT2D eigenvalue weighted by atomic mass is 10.2. The summed E-state index contributed by atoms with van der Waals surface area (Å²) in [5, 5.41) is 11.2. The van der Waals surface area contributed by atoms with E-state index in [4.69, 9.17) is 22.1 Å². The molecule has 2 rings (SSSR count). The second-order valence-corrected chi connectivity index (χ2v) is 5.26. The number of nitro benzene ring substituents is 1. The molecule has 0 unspecified atom stereocenters. The fourth-order valence-electron chi connectivity index (χ4n) is 1.66. The number of non-ortho nitro benzene ring substituents is 1. The van der Waals surface area contributed by atoms with E-state index < -0.39 is 4.92 Å². The Labute approximate surface area is 128 Å². The van der Waals surface area contributed by atoms with Crippen molar-refractivity contribution in [3.8, 4) is 11.5 Å². The van der Waals surface area contributed by atoms with E-state index in [0.717, 1.165) is 5.56 Å². The van der Waals surface area contributed by atoms with Gasteiger partial charge in [0.25, 0.3) is 5.69 Å². The number of halogens is 2. The van der Waals surface area contributed by atoms with Crippen LogP contribution in [0.2, 0.25) is 5.02 Å². The van der Waals surface area contributed by atoms with E-state index in [1.807, 2.05) is 0 Å². The molecule has 0 amide bonds. The molecular weight excluding hydrogens is 348 g/mol. The van der Waals surface area contributed by atoms with Crippen LogP contribution in [0.4, 0.5) is 5.69 Å². The molecule has 0 saturated heterocycles. The van der Waals surface area contributed by atoms with Crippen molar-refractivity contribution < 1.29 is 9.66 Å².